The maximum absolute atomic E-state index is 4.74. The topological polar surface area (TPSA) is 75.6 Å². The number of thioether (sulfide) groups is 1. The van der Waals surface area contributed by atoms with Gasteiger partial charge in [0, 0.05) is 16.9 Å². The predicted molar refractivity (Wildman–Crippen MR) is 138 cm³/mol. The standard InChI is InChI=1S/C22H22N6S.C2H6.2H2/c1-13-20(23-2)26-16-7-5-6-15(12-19(16)25-13)14-8-10-17-18(11-9-14)28-22(29-4)21(24-3)27-17;1-2;;/h5-12H,1-4H3,(H,23,26)(H,24,27);1-2H3;2*1H/b15-14-;;;. The SMILES string of the molecule is CC.CNc1nc2c(nc1C)=C/C(=C1/C=Cc3nc(NC)c(SC)nc3C=C1)C=CC=2.[HH].[HH]. The first kappa shape index (κ1) is 22.5. The second-order valence-corrected chi connectivity index (χ2v) is 7.32. The second kappa shape index (κ2) is 10.2. The molecular formula is C24H32N6S. The molecule has 2 heterocycles. The van der Waals surface area contributed by atoms with Gasteiger partial charge >= 0.3 is 0 Å². The molecule has 0 spiro atoms. The molecule has 0 aromatic carbocycles. The van der Waals surface area contributed by atoms with Gasteiger partial charge in [-0.3, -0.25) is 0 Å². The van der Waals surface area contributed by atoms with E-state index >= 15 is 0 Å². The van der Waals surface area contributed by atoms with Crippen molar-refractivity contribution in [3.63, 3.8) is 0 Å². The number of allylic oxidation sites excluding steroid dienone is 6. The lowest BCUT2D eigenvalue weighted by Crippen LogP contribution is -2.32. The van der Waals surface area contributed by atoms with Gasteiger partial charge in [0.2, 0.25) is 0 Å². The Hall–Kier alpha value is -3.19. The van der Waals surface area contributed by atoms with Gasteiger partial charge in [0.15, 0.2) is 5.82 Å². The van der Waals surface area contributed by atoms with Crippen LogP contribution in [0.4, 0.5) is 11.6 Å². The van der Waals surface area contributed by atoms with E-state index in [1.54, 1.807) is 11.8 Å². The molecule has 7 heteroatoms. The molecule has 2 aromatic rings. The maximum atomic E-state index is 4.74. The van der Waals surface area contributed by atoms with Crippen LogP contribution in [0.5, 0.6) is 0 Å². The highest BCUT2D eigenvalue weighted by Crippen LogP contribution is 2.26. The fraction of sp³-hybridized carbons (Fsp3) is 0.250. The van der Waals surface area contributed by atoms with Crippen LogP contribution in [0.2, 0.25) is 0 Å². The summed E-state index contributed by atoms with van der Waals surface area (Å²) in [6.45, 7) is 5.96. The number of nitrogens with one attached hydrogen (secondary N) is 2. The third-order valence-electron chi connectivity index (χ3n) is 4.71. The number of anilines is 2. The Morgan fingerprint density at radius 3 is 2.10 bits per heavy atom. The number of hydrogen-bond acceptors (Lipinski definition) is 7. The van der Waals surface area contributed by atoms with E-state index in [0.29, 0.717) is 0 Å². The van der Waals surface area contributed by atoms with E-state index in [9.17, 15) is 0 Å². The van der Waals surface area contributed by atoms with E-state index in [1.807, 2.05) is 65.4 Å². The van der Waals surface area contributed by atoms with E-state index in [2.05, 4.69) is 39.9 Å². The van der Waals surface area contributed by atoms with Gasteiger partial charge in [-0.05, 0) is 48.6 Å². The highest BCUT2D eigenvalue weighted by Gasteiger charge is 2.12. The smallest absolute Gasteiger partial charge is 0.159 e. The summed E-state index contributed by atoms with van der Waals surface area (Å²) in [4.78, 5) is 18.8. The van der Waals surface area contributed by atoms with Crippen molar-refractivity contribution < 1.29 is 2.85 Å². The van der Waals surface area contributed by atoms with Gasteiger partial charge in [0.1, 0.15) is 10.8 Å². The van der Waals surface area contributed by atoms with E-state index in [0.717, 1.165) is 55.6 Å². The lowest BCUT2D eigenvalue weighted by Gasteiger charge is -2.08. The molecule has 6 nitrogen and oxygen atoms in total. The molecule has 4 rings (SSSR count). The minimum atomic E-state index is 0. The van der Waals surface area contributed by atoms with Crippen LogP contribution in [0, 0.1) is 6.92 Å². The van der Waals surface area contributed by atoms with Crippen LogP contribution in [0.25, 0.3) is 24.3 Å². The molecule has 2 aliphatic carbocycles. The third-order valence-corrected chi connectivity index (χ3v) is 5.38. The first-order valence-electron chi connectivity index (χ1n) is 10.3. The Bertz CT molecular complexity index is 1190. The van der Waals surface area contributed by atoms with Crippen LogP contribution >= 0.6 is 11.8 Å². The fourth-order valence-corrected chi connectivity index (χ4v) is 3.74. The van der Waals surface area contributed by atoms with Gasteiger partial charge in [0.05, 0.1) is 27.8 Å². The Morgan fingerprint density at radius 2 is 1.45 bits per heavy atom. The Balaban J connectivity index is 0.00000133. The monoisotopic (exact) mass is 436 g/mol. The summed E-state index contributed by atoms with van der Waals surface area (Å²) in [5, 5.41) is 8.80. The normalized spacial score (nSPS) is 15.9. The molecule has 0 fully saturated rings. The first-order chi connectivity index (χ1) is 15.1. The summed E-state index contributed by atoms with van der Waals surface area (Å²) in [5.41, 5.74) is 4.71. The summed E-state index contributed by atoms with van der Waals surface area (Å²) in [5.74, 6) is 1.59. The average Bonchev–Trinajstić information content (AvgIpc) is 3.14. The summed E-state index contributed by atoms with van der Waals surface area (Å²) in [7, 11) is 3.72. The zero-order valence-corrected chi connectivity index (χ0v) is 19.6. The van der Waals surface area contributed by atoms with Crippen LogP contribution in [0.15, 0.2) is 40.5 Å². The fourth-order valence-electron chi connectivity index (χ4n) is 3.21. The van der Waals surface area contributed by atoms with Crippen molar-refractivity contribution in [2.24, 2.45) is 0 Å². The molecule has 2 N–H and O–H groups in total. The predicted octanol–water partition coefficient (Wildman–Crippen LogP) is 4.07. The molecule has 2 aliphatic rings. The largest absolute Gasteiger partial charge is 0.372 e. The minimum Gasteiger partial charge on any atom is -0.372 e. The van der Waals surface area contributed by atoms with Gasteiger partial charge in [0.25, 0.3) is 0 Å². The lowest BCUT2D eigenvalue weighted by atomic mass is 10.1. The highest BCUT2D eigenvalue weighted by molar-refractivity contribution is 7.98. The molecule has 0 aliphatic heterocycles. The molecule has 0 saturated heterocycles. The summed E-state index contributed by atoms with van der Waals surface area (Å²) in [6, 6.07) is 0. The van der Waals surface area contributed by atoms with Crippen molar-refractivity contribution >= 4 is 47.7 Å². The third kappa shape index (κ3) is 4.77. The number of aromatic nitrogens is 4. The van der Waals surface area contributed by atoms with Gasteiger partial charge in [-0.25, -0.2) is 19.9 Å². The van der Waals surface area contributed by atoms with Crippen LogP contribution in [-0.4, -0.2) is 40.3 Å². The van der Waals surface area contributed by atoms with Gasteiger partial charge in [-0.2, -0.15) is 0 Å². The number of fused-ring (bicyclic) bond motifs is 2. The van der Waals surface area contributed by atoms with E-state index in [4.69, 9.17) is 15.0 Å². The molecule has 0 unspecified atom stereocenters. The number of rotatable bonds is 3. The van der Waals surface area contributed by atoms with Crippen LogP contribution in [0.1, 0.15) is 33.8 Å². The van der Waals surface area contributed by atoms with Crippen molar-refractivity contribution in [3.8, 4) is 0 Å². The van der Waals surface area contributed by atoms with Crippen molar-refractivity contribution in [1.82, 2.24) is 19.9 Å². The zero-order chi connectivity index (χ0) is 22.4. The molecule has 0 saturated carbocycles. The van der Waals surface area contributed by atoms with Crippen molar-refractivity contribution in [2.45, 2.75) is 25.8 Å². The zero-order valence-electron chi connectivity index (χ0n) is 18.8. The van der Waals surface area contributed by atoms with Gasteiger partial charge < -0.3 is 10.6 Å². The van der Waals surface area contributed by atoms with Gasteiger partial charge in [-0.15, -0.1) is 11.8 Å². The Kier molecular flexibility index (Phi) is 7.41. The van der Waals surface area contributed by atoms with Gasteiger partial charge in [-0.1, -0.05) is 38.2 Å². The molecule has 0 amide bonds. The Morgan fingerprint density at radius 1 is 0.774 bits per heavy atom. The summed E-state index contributed by atoms with van der Waals surface area (Å²) >= 11 is 1.58. The summed E-state index contributed by atoms with van der Waals surface area (Å²) in [6.07, 6.45) is 18.3. The minimum absolute atomic E-state index is 0. The van der Waals surface area contributed by atoms with Crippen LogP contribution in [-0.2, 0) is 0 Å². The van der Waals surface area contributed by atoms with Crippen molar-refractivity contribution in [3.05, 3.63) is 63.2 Å². The van der Waals surface area contributed by atoms with Crippen molar-refractivity contribution in [2.75, 3.05) is 31.0 Å². The first-order valence-corrected chi connectivity index (χ1v) is 11.5. The van der Waals surface area contributed by atoms with Crippen LogP contribution in [0.3, 0.4) is 0 Å². The molecular weight excluding hydrogens is 404 g/mol. The lowest BCUT2D eigenvalue weighted by molar-refractivity contribution is 1.03. The van der Waals surface area contributed by atoms with E-state index in [-0.39, 0.29) is 2.85 Å². The maximum Gasteiger partial charge on any atom is 0.159 e. The number of hydrogen-bond donors (Lipinski definition) is 2. The summed E-state index contributed by atoms with van der Waals surface area (Å²) < 4.78 is 0. The Labute approximate surface area is 190 Å². The molecule has 164 valence electrons. The molecule has 2 aromatic heterocycles. The van der Waals surface area contributed by atoms with E-state index < -0.39 is 0 Å². The number of aryl methyl sites for hydroxylation is 1. The molecule has 31 heavy (non-hydrogen) atoms. The molecule has 0 bridgehead atoms. The quantitative estimate of drug-likeness (QED) is 0.703. The highest BCUT2D eigenvalue weighted by atomic mass is 32.2. The van der Waals surface area contributed by atoms with Crippen LogP contribution < -0.4 is 21.3 Å². The molecule has 0 atom stereocenters. The second-order valence-electron chi connectivity index (χ2n) is 6.53. The molecule has 0 radical (unpaired) electrons. The number of nitrogens with zero attached hydrogens (tertiary/aromatic N) is 4. The van der Waals surface area contributed by atoms with E-state index in [1.165, 1.54) is 0 Å². The average molecular weight is 437 g/mol. The van der Waals surface area contributed by atoms with Crippen molar-refractivity contribution in [1.29, 1.82) is 0 Å².